The molecule has 0 spiro atoms. The van der Waals surface area contributed by atoms with Crippen LogP contribution in [-0.2, 0) is 19.1 Å². The number of esters is 1. The standard InChI is InChI=1S/C17H22N2O5/c1-4-12(21)9-10-15(17(23)24-3)19-16(22)13-7-5-6-8-14(13)18-11(2)20/h5-8,15H,4,9-10H2,1-3H3,(H,18,20)(H,19,22)/t15-/m0/s1. The number of hydrogen-bond acceptors (Lipinski definition) is 5. The molecule has 24 heavy (non-hydrogen) atoms. The van der Waals surface area contributed by atoms with Gasteiger partial charge in [-0.15, -0.1) is 0 Å². The van der Waals surface area contributed by atoms with Gasteiger partial charge < -0.3 is 15.4 Å². The van der Waals surface area contributed by atoms with Gasteiger partial charge in [-0.25, -0.2) is 4.79 Å². The molecule has 0 aromatic heterocycles. The normalized spacial score (nSPS) is 11.3. The first-order valence-corrected chi connectivity index (χ1v) is 7.66. The van der Waals surface area contributed by atoms with Gasteiger partial charge in [0.1, 0.15) is 11.8 Å². The van der Waals surface area contributed by atoms with Crippen molar-refractivity contribution < 1.29 is 23.9 Å². The molecule has 1 aromatic rings. The summed E-state index contributed by atoms with van der Waals surface area (Å²) in [5.74, 6) is -1.46. The third-order valence-electron chi connectivity index (χ3n) is 3.38. The molecule has 0 aliphatic rings. The predicted molar refractivity (Wildman–Crippen MR) is 88.5 cm³/mol. The topological polar surface area (TPSA) is 102 Å². The van der Waals surface area contributed by atoms with Gasteiger partial charge >= 0.3 is 5.97 Å². The maximum atomic E-state index is 12.4. The van der Waals surface area contributed by atoms with Crippen LogP contribution in [0, 0.1) is 0 Å². The van der Waals surface area contributed by atoms with Gasteiger partial charge in [0.2, 0.25) is 5.91 Å². The van der Waals surface area contributed by atoms with E-state index >= 15 is 0 Å². The minimum Gasteiger partial charge on any atom is -0.467 e. The van der Waals surface area contributed by atoms with Crippen LogP contribution >= 0.6 is 0 Å². The van der Waals surface area contributed by atoms with Crippen molar-refractivity contribution in [1.82, 2.24) is 5.32 Å². The zero-order valence-electron chi connectivity index (χ0n) is 14.0. The van der Waals surface area contributed by atoms with E-state index in [1.165, 1.54) is 20.1 Å². The van der Waals surface area contributed by atoms with Crippen molar-refractivity contribution in [2.24, 2.45) is 0 Å². The number of anilines is 1. The molecule has 2 amide bonds. The number of rotatable bonds is 8. The molecule has 0 heterocycles. The number of ketones is 1. The molecule has 7 heteroatoms. The van der Waals surface area contributed by atoms with E-state index in [9.17, 15) is 19.2 Å². The zero-order valence-corrected chi connectivity index (χ0v) is 14.0. The number of hydrogen-bond donors (Lipinski definition) is 2. The Balaban J connectivity index is 2.90. The Labute approximate surface area is 140 Å². The maximum Gasteiger partial charge on any atom is 0.328 e. The van der Waals surface area contributed by atoms with Crippen molar-refractivity contribution in [2.45, 2.75) is 39.2 Å². The molecule has 0 saturated heterocycles. The Bertz CT molecular complexity index is 627. The third kappa shape index (κ3) is 5.83. The van der Waals surface area contributed by atoms with Crippen LogP contribution in [0.25, 0.3) is 0 Å². The van der Waals surface area contributed by atoms with E-state index in [1.54, 1.807) is 25.1 Å². The minimum atomic E-state index is -0.927. The number of Topliss-reactive ketones (excluding diaryl/α,β-unsaturated/α-hetero) is 1. The quantitative estimate of drug-likeness (QED) is 0.704. The SMILES string of the molecule is CCC(=O)CC[C@H](NC(=O)c1ccccc1NC(C)=O)C(=O)OC. The van der Waals surface area contributed by atoms with Gasteiger partial charge in [-0.2, -0.15) is 0 Å². The van der Waals surface area contributed by atoms with Gasteiger partial charge in [-0.3, -0.25) is 14.4 Å². The number of amides is 2. The van der Waals surface area contributed by atoms with E-state index < -0.39 is 17.9 Å². The van der Waals surface area contributed by atoms with E-state index in [2.05, 4.69) is 15.4 Å². The molecule has 0 aliphatic carbocycles. The van der Waals surface area contributed by atoms with Gasteiger partial charge in [-0.05, 0) is 18.6 Å². The van der Waals surface area contributed by atoms with Crippen molar-refractivity contribution in [3.63, 3.8) is 0 Å². The van der Waals surface area contributed by atoms with Gasteiger partial charge in [0.05, 0.1) is 18.4 Å². The maximum absolute atomic E-state index is 12.4. The highest BCUT2D eigenvalue weighted by molar-refractivity contribution is 6.04. The van der Waals surface area contributed by atoms with Crippen molar-refractivity contribution in [3.05, 3.63) is 29.8 Å². The second-order valence-corrected chi connectivity index (χ2v) is 5.21. The van der Waals surface area contributed by atoms with Gasteiger partial charge in [0, 0.05) is 19.8 Å². The first-order valence-electron chi connectivity index (χ1n) is 7.66. The highest BCUT2D eigenvalue weighted by Crippen LogP contribution is 2.15. The highest BCUT2D eigenvalue weighted by Gasteiger charge is 2.24. The number of carbonyl (C=O) groups is 4. The predicted octanol–water partition coefficient (Wildman–Crippen LogP) is 1.68. The summed E-state index contributed by atoms with van der Waals surface area (Å²) < 4.78 is 4.68. The molecule has 1 rings (SSSR count). The van der Waals surface area contributed by atoms with Crippen LogP contribution in [0.5, 0.6) is 0 Å². The summed E-state index contributed by atoms with van der Waals surface area (Å²) in [4.78, 5) is 46.9. The van der Waals surface area contributed by atoms with Crippen LogP contribution in [0.1, 0.15) is 43.5 Å². The van der Waals surface area contributed by atoms with E-state index in [4.69, 9.17) is 0 Å². The fourth-order valence-corrected chi connectivity index (χ4v) is 2.09. The van der Waals surface area contributed by atoms with Crippen LogP contribution in [0.4, 0.5) is 5.69 Å². The number of benzene rings is 1. The largest absolute Gasteiger partial charge is 0.467 e. The number of nitrogens with one attached hydrogen (secondary N) is 2. The molecule has 2 N–H and O–H groups in total. The summed E-state index contributed by atoms with van der Waals surface area (Å²) in [6.07, 6.45) is 0.699. The third-order valence-corrected chi connectivity index (χ3v) is 3.38. The molecule has 0 saturated carbocycles. The molecule has 0 fully saturated rings. The van der Waals surface area contributed by atoms with Gasteiger partial charge in [0.25, 0.3) is 5.91 Å². The second kappa shape index (κ2) is 9.44. The highest BCUT2D eigenvalue weighted by atomic mass is 16.5. The lowest BCUT2D eigenvalue weighted by molar-refractivity contribution is -0.143. The lowest BCUT2D eigenvalue weighted by Crippen LogP contribution is -2.42. The van der Waals surface area contributed by atoms with Crippen molar-refractivity contribution in [3.8, 4) is 0 Å². The molecular formula is C17H22N2O5. The summed E-state index contributed by atoms with van der Waals surface area (Å²) in [5.41, 5.74) is 0.569. The summed E-state index contributed by atoms with van der Waals surface area (Å²) in [5, 5.41) is 5.12. The summed E-state index contributed by atoms with van der Waals surface area (Å²) in [7, 11) is 1.22. The Morgan fingerprint density at radius 3 is 2.42 bits per heavy atom. The average Bonchev–Trinajstić information content (AvgIpc) is 2.57. The molecular weight excluding hydrogens is 312 g/mol. The fraction of sp³-hybridized carbons (Fsp3) is 0.412. The zero-order chi connectivity index (χ0) is 18.1. The van der Waals surface area contributed by atoms with Crippen molar-refractivity contribution in [2.75, 3.05) is 12.4 Å². The molecule has 1 atom stereocenters. The second-order valence-electron chi connectivity index (χ2n) is 5.21. The molecule has 0 bridgehead atoms. The minimum absolute atomic E-state index is 0.00296. The van der Waals surface area contributed by atoms with E-state index in [0.29, 0.717) is 12.1 Å². The van der Waals surface area contributed by atoms with Crippen LogP contribution in [0.2, 0.25) is 0 Å². The van der Waals surface area contributed by atoms with Crippen LogP contribution in [-0.4, -0.2) is 36.7 Å². The lowest BCUT2D eigenvalue weighted by Gasteiger charge is -2.17. The molecule has 7 nitrogen and oxygen atoms in total. The number of methoxy groups -OCH3 is 1. The summed E-state index contributed by atoms with van der Waals surface area (Å²) in [6.45, 7) is 3.07. The first kappa shape index (κ1) is 19.3. The molecule has 0 unspecified atom stereocenters. The summed E-state index contributed by atoms with van der Waals surface area (Å²) in [6, 6.07) is 5.52. The van der Waals surface area contributed by atoms with E-state index in [1.807, 2.05) is 0 Å². The van der Waals surface area contributed by atoms with E-state index in [0.717, 1.165) is 0 Å². The Hall–Kier alpha value is -2.70. The lowest BCUT2D eigenvalue weighted by atomic mass is 10.1. The smallest absolute Gasteiger partial charge is 0.328 e. The van der Waals surface area contributed by atoms with Crippen LogP contribution < -0.4 is 10.6 Å². The van der Waals surface area contributed by atoms with E-state index in [-0.39, 0.29) is 30.1 Å². The number of carbonyl (C=O) groups excluding carboxylic acids is 4. The summed E-state index contributed by atoms with van der Waals surface area (Å²) >= 11 is 0. The Morgan fingerprint density at radius 1 is 1.17 bits per heavy atom. The molecule has 0 radical (unpaired) electrons. The number of para-hydroxylation sites is 1. The molecule has 1 aromatic carbocycles. The average molecular weight is 334 g/mol. The Morgan fingerprint density at radius 2 is 1.83 bits per heavy atom. The van der Waals surface area contributed by atoms with Crippen molar-refractivity contribution >= 4 is 29.3 Å². The molecule has 130 valence electrons. The van der Waals surface area contributed by atoms with Gasteiger partial charge in [0.15, 0.2) is 0 Å². The Kier molecular flexibility index (Phi) is 7.61. The van der Waals surface area contributed by atoms with Crippen LogP contribution in [0.15, 0.2) is 24.3 Å². The molecule has 0 aliphatic heterocycles. The first-order chi connectivity index (χ1) is 11.4. The van der Waals surface area contributed by atoms with Crippen LogP contribution in [0.3, 0.4) is 0 Å². The number of ether oxygens (including phenoxy) is 1. The van der Waals surface area contributed by atoms with Crippen molar-refractivity contribution in [1.29, 1.82) is 0 Å². The monoisotopic (exact) mass is 334 g/mol. The van der Waals surface area contributed by atoms with Gasteiger partial charge in [-0.1, -0.05) is 19.1 Å². The fourth-order valence-electron chi connectivity index (χ4n) is 2.09.